The lowest BCUT2D eigenvalue weighted by atomic mass is 9.72. The molecule has 0 amide bonds. The third kappa shape index (κ3) is 5.27. The Morgan fingerprint density at radius 2 is 1.74 bits per heavy atom. The van der Waals surface area contributed by atoms with E-state index in [-0.39, 0.29) is 5.92 Å². The van der Waals surface area contributed by atoms with Crippen LogP contribution in [0.1, 0.15) is 70.8 Å². The van der Waals surface area contributed by atoms with Gasteiger partial charge in [-0.2, -0.15) is 0 Å². The Hall–Kier alpha value is -2.07. The molecule has 4 nitrogen and oxygen atoms in total. The first-order valence-corrected chi connectivity index (χ1v) is 13.6. The SMILES string of the molecule is CC(C)[C@H]1CCCC[C@H]1Oc1ccc2cc(CN3CC(C4CCCC(C(=O)O)C4)C3)ccc2c1. The second-order valence-electron chi connectivity index (χ2n) is 11.6. The standard InChI is InChI=1S/C30H41NO3/c1-20(2)28-8-3-4-9-29(28)34-27-13-12-23-14-21(10-11-24(23)16-27)17-31-18-26(19-31)22-6-5-7-25(15-22)30(32)33/h10-14,16,20,22,25-26,28-29H,3-9,15,17-19H2,1-2H3,(H,32,33)/t22?,25?,28-,29-/m1/s1. The predicted molar refractivity (Wildman–Crippen MR) is 137 cm³/mol. The maximum atomic E-state index is 11.4. The minimum absolute atomic E-state index is 0.114. The number of rotatable bonds is 7. The Balaban J connectivity index is 1.17. The molecule has 1 N–H and O–H groups in total. The predicted octanol–water partition coefficient (Wildman–Crippen LogP) is 6.76. The summed E-state index contributed by atoms with van der Waals surface area (Å²) >= 11 is 0. The molecule has 2 unspecified atom stereocenters. The van der Waals surface area contributed by atoms with Crippen LogP contribution in [0.15, 0.2) is 36.4 Å². The summed E-state index contributed by atoms with van der Waals surface area (Å²) in [4.78, 5) is 13.9. The third-order valence-corrected chi connectivity index (χ3v) is 8.90. The van der Waals surface area contributed by atoms with Crippen molar-refractivity contribution in [2.24, 2.45) is 29.6 Å². The van der Waals surface area contributed by atoms with Crippen molar-refractivity contribution in [1.29, 1.82) is 0 Å². The molecule has 2 saturated carbocycles. The Morgan fingerprint density at radius 3 is 2.53 bits per heavy atom. The molecule has 2 aliphatic carbocycles. The lowest BCUT2D eigenvalue weighted by Crippen LogP contribution is -2.50. The van der Waals surface area contributed by atoms with Crippen LogP contribution in [0.2, 0.25) is 0 Å². The summed E-state index contributed by atoms with van der Waals surface area (Å²) in [5, 5.41) is 11.9. The number of hydrogen-bond acceptors (Lipinski definition) is 3. The molecule has 34 heavy (non-hydrogen) atoms. The highest BCUT2D eigenvalue weighted by molar-refractivity contribution is 5.84. The van der Waals surface area contributed by atoms with E-state index in [1.54, 1.807) is 0 Å². The van der Waals surface area contributed by atoms with Gasteiger partial charge in [0.05, 0.1) is 5.92 Å². The molecule has 184 valence electrons. The molecule has 3 fully saturated rings. The number of carbonyl (C=O) groups is 1. The van der Waals surface area contributed by atoms with Crippen molar-refractivity contribution in [1.82, 2.24) is 4.90 Å². The Labute approximate surface area is 204 Å². The second kappa shape index (κ2) is 10.3. The molecule has 0 spiro atoms. The van der Waals surface area contributed by atoms with Crippen molar-refractivity contribution in [2.45, 2.75) is 77.9 Å². The van der Waals surface area contributed by atoms with Crippen LogP contribution >= 0.6 is 0 Å². The van der Waals surface area contributed by atoms with Crippen molar-refractivity contribution in [2.75, 3.05) is 13.1 Å². The molecule has 4 atom stereocenters. The van der Waals surface area contributed by atoms with Crippen LogP contribution in [0.5, 0.6) is 5.75 Å². The zero-order chi connectivity index (χ0) is 23.7. The van der Waals surface area contributed by atoms with E-state index in [0.29, 0.717) is 29.8 Å². The number of likely N-dealkylation sites (tertiary alicyclic amines) is 1. The lowest BCUT2D eigenvalue weighted by molar-refractivity contribution is -0.144. The highest BCUT2D eigenvalue weighted by Crippen LogP contribution is 2.39. The highest BCUT2D eigenvalue weighted by atomic mass is 16.5. The number of benzene rings is 2. The molecule has 0 radical (unpaired) electrons. The van der Waals surface area contributed by atoms with Gasteiger partial charge in [0.25, 0.3) is 0 Å². The smallest absolute Gasteiger partial charge is 0.306 e. The molecule has 2 aromatic carbocycles. The fraction of sp³-hybridized carbons (Fsp3) is 0.633. The quantitative estimate of drug-likeness (QED) is 0.493. The van der Waals surface area contributed by atoms with Crippen LogP contribution < -0.4 is 4.74 Å². The first kappa shape index (κ1) is 23.7. The average Bonchev–Trinajstić information content (AvgIpc) is 2.81. The second-order valence-corrected chi connectivity index (χ2v) is 11.6. The molecule has 1 aliphatic heterocycles. The molecule has 0 bridgehead atoms. The van der Waals surface area contributed by atoms with E-state index in [2.05, 4.69) is 55.1 Å². The summed E-state index contributed by atoms with van der Waals surface area (Å²) in [7, 11) is 0. The summed E-state index contributed by atoms with van der Waals surface area (Å²) in [6.07, 6.45) is 9.46. The van der Waals surface area contributed by atoms with Crippen LogP contribution in [0.4, 0.5) is 0 Å². The van der Waals surface area contributed by atoms with Crippen molar-refractivity contribution in [3.63, 3.8) is 0 Å². The summed E-state index contributed by atoms with van der Waals surface area (Å²) in [5.41, 5.74) is 1.36. The van der Waals surface area contributed by atoms with Crippen LogP contribution in [0.3, 0.4) is 0 Å². The summed E-state index contributed by atoms with van der Waals surface area (Å²) in [5.74, 6) is 2.91. The maximum Gasteiger partial charge on any atom is 0.306 e. The molecular weight excluding hydrogens is 422 g/mol. The van der Waals surface area contributed by atoms with E-state index < -0.39 is 5.97 Å². The Kier molecular flexibility index (Phi) is 7.15. The normalized spacial score (nSPS) is 28.7. The highest BCUT2D eigenvalue weighted by Gasteiger charge is 2.37. The largest absolute Gasteiger partial charge is 0.490 e. The van der Waals surface area contributed by atoms with Crippen molar-refractivity contribution in [3.05, 3.63) is 42.0 Å². The number of aliphatic carboxylic acids is 1. The topological polar surface area (TPSA) is 49.8 Å². The zero-order valence-corrected chi connectivity index (χ0v) is 20.9. The van der Waals surface area contributed by atoms with Gasteiger partial charge in [-0.3, -0.25) is 9.69 Å². The summed E-state index contributed by atoms with van der Waals surface area (Å²) in [6.45, 7) is 7.87. The van der Waals surface area contributed by atoms with E-state index in [0.717, 1.165) is 44.6 Å². The van der Waals surface area contributed by atoms with Crippen molar-refractivity contribution >= 4 is 16.7 Å². The number of carboxylic acids is 1. The Bertz CT molecular complexity index is 996. The van der Waals surface area contributed by atoms with Gasteiger partial charge in [-0.15, -0.1) is 0 Å². The molecular formula is C30H41NO3. The van der Waals surface area contributed by atoms with E-state index in [1.807, 2.05) is 0 Å². The monoisotopic (exact) mass is 463 g/mol. The molecule has 0 aromatic heterocycles. The number of ether oxygens (including phenoxy) is 1. The summed E-state index contributed by atoms with van der Waals surface area (Å²) < 4.78 is 6.51. The lowest BCUT2D eigenvalue weighted by Gasteiger charge is -2.45. The van der Waals surface area contributed by atoms with E-state index in [9.17, 15) is 9.90 Å². The van der Waals surface area contributed by atoms with Gasteiger partial charge in [0.1, 0.15) is 11.9 Å². The molecule has 4 heteroatoms. The summed E-state index contributed by atoms with van der Waals surface area (Å²) in [6, 6.07) is 13.4. The molecule has 1 heterocycles. The molecule has 2 aromatic rings. The van der Waals surface area contributed by atoms with Gasteiger partial charge in [0, 0.05) is 19.6 Å². The van der Waals surface area contributed by atoms with Gasteiger partial charge in [0.15, 0.2) is 0 Å². The van der Waals surface area contributed by atoms with Crippen LogP contribution in [-0.4, -0.2) is 35.2 Å². The minimum Gasteiger partial charge on any atom is -0.490 e. The van der Waals surface area contributed by atoms with E-state index >= 15 is 0 Å². The van der Waals surface area contributed by atoms with Crippen LogP contribution in [0, 0.1) is 29.6 Å². The molecule has 1 saturated heterocycles. The first-order chi connectivity index (χ1) is 16.5. The van der Waals surface area contributed by atoms with E-state index in [4.69, 9.17) is 4.74 Å². The first-order valence-electron chi connectivity index (χ1n) is 13.6. The van der Waals surface area contributed by atoms with Crippen molar-refractivity contribution in [3.8, 4) is 5.75 Å². The van der Waals surface area contributed by atoms with Crippen LogP contribution in [-0.2, 0) is 11.3 Å². The van der Waals surface area contributed by atoms with Gasteiger partial charge in [0.2, 0.25) is 0 Å². The fourth-order valence-corrected chi connectivity index (χ4v) is 6.83. The number of nitrogens with zero attached hydrogens (tertiary/aromatic N) is 1. The third-order valence-electron chi connectivity index (χ3n) is 8.90. The number of fused-ring (bicyclic) bond motifs is 1. The number of carboxylic acid groups (broad SMARTS) is 1. The molecule has 5 rings (SSSR count). The van der Waals surface area contributed by atoms with Crippen molar-refractivity contribution < 1.29 is 14.6 Å². The van der Waals surface area contributed by atoms with Gasteiger partial charge in [-0.05, 0) is 90.3 Å². The van der Waals surface area contributed by atoms with E-state index in [1.165, 1.54) is 48.4 Å². The Morgan fingerprint density at radius 1 is 0.971 bits per heavy atom. The fourth-order valence-electron chi connectivity index (χ4n) is 6.83. The van der Waals surface area contributed by atoms with Crippen LogP contribution in [0.25, 0.3) is 10.8 Å². The van der Waals surface area contributed by atoms with Gasteiger partial charge in [-0.25, -0.2) is 0 Å². The van der Waals surface area contributed by atoms with Gasteiger partial charge >= 0.3 is 5.97 Å². The molecule has 3 aliphatic rings. The van der Waals surface area contributed by atoms with Gasteiger partial charge in [-0.1, -0.05) is 51.3 Å². The van der Waals surface area contributed by atoms with Gasteiger partial charge < -0.3 is 9.84 Å². The number of hydrogen-bond donors (Lipinski definition) is 1. The zero-order valence-electron chi connectivity index (χ0n) is 20.9. The minimum atomic E-state index is -0.593. The maximum absolute atomic E-state index is 11.4. The average molecular weight is 464 g/mol.